The molecule has 0 saturated heterocycles. The van der Waals surface area contributed by atoms with Crippen LogP contribution in [0, 0.1) is 10.8 Å². The van der Waals surface area contributed by atoms with Gasteiger partial charge in [-0.3, -0.25) is 9.59 Å². The summed E-state index contributed by atoms with van der Waals surface area (Å²) in [6.07, 6.45) is 5.76. The summed E-state index contributed by atoms with van der Waals surface area (Å²) in [5.74, 6) is -2.91. The van der Waals surface area contributed by atoms with Crippen LogP contribution in [0.4, 0.5) is 0 Å². The Morgan fingerprint density at radius 1 is 0.815 bits per heavy atom. The smallest absolute Gasteiger partial charge is 0.309 e. The minimum atomic E-state index is -0.788. The molecule has 27 heavy (non-hydrogen) atoms. The van der Waals surface area contributed by atoms with E-state index in [9.17, 15) is 35.1 Å². The SMILES string of the molecule is O=C(O)C1(CCCc2cc(O)c(O)c(O)c2CCCC2(C(=O)O)CC2)CC1. The quantitative estimate of drug-likeness (QED) is 0.395. The Bertz CT molecular complexity index is 760. The maximum Gasteiger partial charge on any atom is 0.309 e. The van der Waals surface area contributed by atoms with E-state index in [-0.39, 0.29) is 5.75 Å². The topological polar surface area (TPSA) is 135 Å². The zero-order valence-electron chi connectivity index (χ0n) is 15.2. The van der Waals surface area contributed by atoms with Gasteiger partial charge in [-0.1, -0.05) is 0 Å². The summed E-state index contributed by atoms with van der Waals surface area (Å²) in [5.41, 5.74) is -0.0916. The minimum Gasteiger partial charge on any atom is -0.504 e. The van der Waals surface area contributed by atoms with Crippen molar-refractivity contribution < 1.29 is 35.1 Å². The molecule has 2 fully saturated rings. The Morgan fingerprint density at radius 2 is 1.30 bits per heavy atom. The number of aromatic hydroxyl groups is 3. The van der Waals surface area contributed by atoms with Crippen LogP contribution in [-0.4, -0.2) is 37.5 Å². The standard InChI is InChI=1S/C20H26O7/c21-14-11-12(3-1-5-19(7-8-19)17(24)25)13(15(22)16(14)23)4-2-6-20(9-10-20)18(26)27/h11,21-23H,1-10H2,(H,24,25)(H,26,27). The van der Waals surface area contributed by atoms with Crippen LogP contribution in [0.3, 0.4) is 0 Å². The zero-order chi connectivity index (χ0) is 19.8. The third kappa shape index (κ3) is 3.82. The van der Waals surface area contributed by atoms with Gasteiger partial charge in [0.2, 0.25) is 5.75 Å². The van der Waals surface area contributed by atoms with Gasteiger partial charge in [0.15, 0.2) is 11.5 Å². The molecule has 0 radical (unpaired) electrons. The average molecular weight is 378 g/mol. The molecule has 7 heteroatoms. The summed E-state index contributed by atoms with van der Waals surface area (Å²) in [7, 11) is 0. The number of phenols is 3. The van der Waals surface area contributed by atoms with Gasteiger partial charge in [-0.05, 0) is 75.8 Å². The highest BCUT2D eigenvalue weighted by Gasteiger charge is 2.50. The molecule has 0 amide bonds. The molecular formula is C20H26O7. The first kappa shape index (κ1) is 19.3. The Labute approximate surface area is 157 Å². The number of aliphatic carboxylic acids is 2. The highest BCUT2D eigenvalue weighted by molar-refractivity contribution is 5.78. The molecule has 0 atom stereocenters. The Hall–Kier alpha value is -2.44. The Balaban J connectivity index is 1.67. The minimum absolute atomic E-state index is 0.371. The first-order valence-corrected chi connectivity index (χ1v) is 9.43. The Kier molecular flexibility index (Phi) is 4.97. The van der Waals surface area contributed by atoms with Crippen molar-refractivity contribution >= 4 is 11.9 Å². The lowest BCUT2D eigenvalue weighted by atomic mass is 9.91. The first-order chi connectivity index (χ1) is 12.7. The number of aryl methyl sites for hydroxylation is 1. The van der Waals surface area contributed by atoms with Gasteiger partial charge in [0.05, 0.1) is 10.8 Å². The van der Waals surface area contributed by atoms with E-state index < -0.39 is 34.3 Å². The number of hydrogen-bond acceptors (Lipinski definition) is 5. The maximum absolute atomic E-state index is 11.3. The molecule has 0 bridgehead atoms. The molecule has 0 aliphatic heterocycles. The van der Waals surface area contributed by atoms with E-state index in [1.165, 1.54) is 6.07 Å². The van der Waals surface area contributed by atoms with Crippen molar-refractivity contribution in [1.82, 2.24) is 0 Å². The van der Waals surface area contributed by atoms with Crippen LogP contribution in [0.15, 0.2) is 6.07 Å². The van der Waals surface area contributed by atoms with Crippen LogP contribution in [0.5, 0.6) is 17.2 Å². The van der Waals surface area contributed by atoms with Gasteiger partial charge in [0.25, 0.3) is 0 Å². The van der Waals surface area contributed by atoms with Crippen LogP contribution < -0.4 is 0 Å². The van der Waals surface area contributed by atoms with Crippen LogP contribution in [-0.2, 0) is 22.4 Å². The average Bonchev–Trinajstić information content (AvgIpc) is 3.50. The summed E-state index contributed by atoms with van der Waals surface area (Å²) in [5, 5.41) is 48.4. The van der Waals surface area contributed by atoms with Gasteiger partial charge in [-0.15, -0.1) is 0 Å². The summed E-state index contributed by atoms with van der Waals surface area (Å²) in [6, 6.07) is 1.41. The van der Waals surface area contributed by atoms with Gasteiger partial charge in [-0.2, -0.15) is 0 Å². The normalized spacial score (nSPS) is 18.8. The summed E-state index contributed by atoms with van der Waals surface area (Å²) >= 11 is 0. The molecule has 1 aromatic carbocycles. The second-order valence-electron chi connectivity index (χ2n) is 8.11. The molecule has 0 unspecified atom stereocenters. The lowest BCUT2D eigenvalue weighted by molar-refractivity contribution is -0.144. The van der Waals surface area contributed by atoms with Crippen LogP contribution in [0.2, 0.25) is 0 Å². The van der Waals surface area contributed by atoms with E-state index in [1.54, 1.807) is 0 Å². The Morgan fingerprint density at radius 3 is 1.74 bits per heavy atom. The molecule has 3 rings (SSSR count). The maximum atomic E-state index is 11.3. The second kappa shape index (κ2) is 6.94. The van der Waals surface area contributed by atoms with E-state index in [4.69, 9.17) is 0 Å². The number of phenolic OH excluding ortho intramolecular Hbond substituents is 3. The molecule has 2 saturated carbocycles. The largest absolute Gasteiger partial charge is 0.504 e. The van der Waals surface area contributed by atoms with Crippen molar-refractivity contribution in [2.75, 3.05) is 0 Å². The van der Waals surface area contributed by atoms with Gasteiger partial charge in [-0.25, -0.2) is 0 Å². The predicted molar refractivity (Wildman–Crippen MR) is 95.9 cm³/mol. The fourth-order valence-electron chi connectivity index (χ4n) is 3.90. The zero-order valence-corrected chi connectivity index (χ0v) is 15.2. The summed E-state index contributed by atoms with van der Waals surface area (Å²) in [6.45, 7) is 0. The second-order valence-corrected chi connectivity index (χ2v) is 8.11. The molecule has 1 aromatic rings. The lowest BCUT2D eigenvalue weighted by Gasteiger charge is -2.16. The van der Waals surface area contributed by atoms with Gasteiger partial charge < -0.3 is 25.5 Å². The van der Waals surface area contributed by atoms with Gasteiger partial charge >= 0.3 is 11.9 Å². The third-order valence-electron chi connectivity index (χ3n) is 6.25. The van der Waals surface area contributed by atoms with Crippen molar-refractivity contribution in [3.8, 4) is 17.2 Å². The van der Waals surface area contributed by atoms with Crippen molar-refractivity contribution in [2.45, 2.75) is 64.2 Å². The highest BCUT2D eigenvalue weighted by Crippen LogP contribution is 2.51. The molecule has 0 aromatic heterocycles. The van der Waals surface area contributed by atoms with E-state index in [2.05, 4.69) is 0 Å². The van der Waals surface area contributed by atoms with Gasteiger partial charge in [0.1, 0.15) is 0 Å². The lowest BCUT2D eigenvalue weighted by Crippen LogP contribution is -2.15. The van der Waals surface area contributed by atoms with Crippen LogP contribution in [0.1, 0.15) is 62.5 Å². The van der Waals surface area contributed by atoms with Crippen molar-refractivity contribution in [2.24, 2.45) is 10.8 Å². The predicted octanol–water partition coefficient (Wildman–Crippen LogP) is 3.18. The van der Waals surface area contributed by atoms with E-state index in [0.29, 0.717) is 75.3 Å². The number of hydrogen-bond donors (Lipinski definition) is 5. The van der Waals surface area contributed by atoms with E-state index in [0.717, 1.165) is 0 Å². The molecule has 5 N–H and O–H groups in total. The number of carbonyl (C=O) groups is 2. The molecule has 0 heterocycles. The molecule has 0 spiro atoms. The van der Waals surface area contributed by atoms with Crippen LogP contribution in [0.25, 0.3) is 0 Å². The van der Waals surface area contributed by atoms with Crippen molar-refractivity contribution in [3.63, 3.8) is 0 Å². The van der Waals surface area contributed by atoms with Gasteiger partial charge in [0, 0.05) is 5.56 Å². The number of carboxylic acids is 2. The summed E-state index contributed by atoms with van der Waals surface area (Å²) < 4.78 is 0. The number of benzene rings is 1. The fourth-order valence-corrected chi connectivity index (χ4v) is 3.90. The molecule has 2 aliphatic rings. The number of rotatable bonds is 10. The van der Waals surface area contributed by atoms with Crippen LogP contribution >= 0.6 is 0 Å². The first-order valence-electron chi connectivity index (χ1n) is 9.43. The highest BCUT2D eigenvalue weighted by atomic mass is 16.4. The molecule has 2 aliphatic carbocycles. The van der Waals surface area contributed by atoms with E-state index >= 15 is 0 Å². The summed E-state index contributed by atoms with van der Waals surface area (Å²) in [4.78, 5) is 22.6. The third-order valence-corrected chi connectivity index (χ3v) is 6.25. The fraction of sp³-hybridized carbons (Fsp3) is 0.600. The molecule has 7 nitrogen and oxygen atoms in total. The van der Waals surface area contributed by atoms with Crippen molar-refractivity contribution in [1.29, 1.82) is 0 Å². The molecule has 148 valence electrons. The number of carboxylic acid groups (broad SMARTS) is 2. The monoisotopic (exact) mass is 378 g/mol. The molecular weight excluding hydrogens is 352 g/mol. The van der Waals surface area contributed by atoms with Crippen molar-refractivity contribution in [3.05, 3.63) is 17.2 Å². The van der Waals surface area contributed by atoms with E-state index in [1.807, 2.05) is 0 Å².